The Balaban J connectivity index is 2.02. The molecule has 0 saturated heterocycles. The molecule has 0 aliphatic heterocycles. The van der Waals surface area contributed by atoms with Crippen LogP contribution in [0.4, 0.5) is 24.7 Å². The van der Waals surface area contributed by atoms with Gasteiger partial charge in [-0.05, 0) is 42.8 Å². The van der Waals surface area contributed by atoms with Gasteiger partial charge in [-0.15, -0.1) is 0 Å². The van der Waals surface area contributed by atoms with Gasteiger partial charge in [0.15, 0.2) is 11.7 Å². The Morgan fingerprint density at radius 1 is 1.11 bits per heavy atom. The molecule has 1 N–H and O–H groups in total. The fourth-order valence-corrected chi connectivity index (χ4v) is 3.59. The van der Waals surface area contributed by atoms with Crippen LogP contribution in [0, 0.1) is 0 Å². The van der Waals surface area contributed by atoms with Gasteiger partial charge in [0.05, 0.1) is 10.6 Å². The van der Waals surface area contributed by atoms with Crippen molar-refractivity contribution in [1.29, 1.82) is 0 Å². The molecular formula is C23H21Cl2F3N4O3. The van der Waals surface area contributed by atoms with Crippen LogP contribution < -0.4 is 21.3 Å². The Bertz CT molecular complexity index is 1380. The maximum Gasteiger partial charge on any atom is 0.417 e. The average Bonchev–Trinajstić information content (AvgIpc) is 2.79. The summed E-state index contributed by atoms with van der Waals surface area (Å²) in [5.41, 5.74) is -1.42. The zero-order valence-electron chi connectivity index (χ0n) is 18.9. The van der Waals surface area contributed by atoms with Crippen molar-refractivity contribution in [2.45, 2.75) is 33.1 Å². The van der Waals surface area contributed by atoms with Crippen molar-refractivity contribution < 1.29 is 17.9 Å². The molecule has 2 aromatic carbocycles. The molecule has 1 aromatic heterocycles. The van der Waals surface area contributed by atoms with Gasteiger partial charge in [0.1, 0.15) is 11.4 Å². The Labute approximate surface area is 208 Å². The summed E-state index contributed by atoms with van der Waals surface area (Å²) in [5, 5.41) is 3.08. The lowest BCUT2D eigenvalue weighted by atomic mass is 10.2. The molecular weight excluding hydrogens is 508 g/mol. The summed E-state index contributed by atoms with van der Waals surface area (Å²) in [6.07, 6.45) is -4.67. The number of hydrogen-bond acceptors (Lipinski definition) is 5. The molecule has 0 aliphatic rings. The molecule has 12 heteroatoms. The lowest BCUT2D eigenvalue weighted by Gasteiger charge is -2.16. The van der Waals surface area contributed by atoms with E-state index >= 15 is 0 Å². The number of halogens is 5. The second-order valence-corrected chi connectivity index (χ2v) is 8.29. The summed E-state index contributed by atoms with van der Waals surface area (Å²) in [4.78, 5) is 29.9. The van der Waals surface area contributed by atoms with Gasteiger partial charge in [0.25, 0.3) is 5.56 Å². The normalized spacial score (nSPS) is 12.1. The number of nitrogens with zero attached hydrogens (tertiary/aromatic N) is 3. The first-order valence-electron chi connectivity index (χ1n) is 10.3. The fraction of sp³-hybridized carbons (Fsp3) is 0.261. The third kappa shape index (κ3) is 6.07. The summed E-state index contributed by atoms with van der Waals surface area (Å²) in [6.45, 7) is 3.40. The van der Waals surface area contributed by atoms with E-state index in [0.717, 1.165) is 26.8 Å². The Hall–Kier alpha value is -3.24. The molecule has 0 atom stereocenters. The highest BCUT2D eigenvalue weighted by Gasteiger charge is 2.33. The van der Waals surface area contributed by atoms with Crippen LogP contribution in [-0.2, 0) is 26.3 Å². The van der Waals surface area contributed by atoms with Crippen LogP contribution in [0.1, 0.15) is 25.0 Å². The van der Waals surface area contributed by atoms with Crippen molar-refractivity contribution in [3.63, 3.8) is 0 Å². The first kappa shape index (κ1) is 26.4. The van der Waals surface area contributed by atoms with E-state index in [1.165, 1.54) is 20.0 Å². The number of ether oxygens (including phenoxy) is 1. The van der Waals surface area contributed by atoms with Gasteiger partial charge in [0.2, 0.25) is 0 Å². The molecule has 0 radical (unpaired) electrons. The Morgan fingerprint density at radius 3 is 2.37 bits per heavy atom. The molecule has 3 aromatic rings. The van der Waals surface area contributed by atoms with Crippen molar-refractivity contribution in [1.82, 2.24) is 9.13 Å². The van der Waals surface area contributed by atoms with Crippen molar-refractivity contribution >= 4 is 40.6 Å². The van der Waals surface area contributed by atoms with Gasteiger partial charge in [-0.25, -0.2) is 4.79 Å². The molecule has 186 valence electrons. The zero-order valence-corrected chi connectivity index (χ0v) is 20.4. The molecule has 3 rings (SSSR count). The van der Waals surface area contributed by atoms with Crippen LogP contribution in [0.2, 0.25) is 10.0 Å². The van der Waals surface area contributed by atoms with Crippen LogP contribution in [-0.4, -0.2) is 15.0 Å². The van der Waals surface area contributed by atoms with E-state index in [-0.39, 0.29) is 36.2 Å². The van der Waals surface area contributed by atoms with Crippen molar-refractivity contribution in [3.05, 3.63) is 84.5 Å². The van der Waals surface area contributed by atoms with E-state index in [0.29, 0.717) is 5.02 Å². The van der Waals surface area contributed by atoms with Gasteiger partial charge < -0.3 is 10.1 Å². The summed E-state index contributed by atoms with van der Waals surface area (Å²) < 4.78 is 47.1. The van der Waals surface area contributed by atoms with E-state index in [2.05, 4.69) is 10.3 Å². The minimum Gasteiger partial charge on any atom is -0.443 e. The number of alkyl halides is 3. The highest BCUT2D eigenvalue weighted by molar-refractivity contribution is 6.31. The van der Waals surface area contributed by atoms with Crippen LogP contribution in [0.15, 0.2) is 57.0 Å². The Kier molecular flexibility index (Phi) is 7.97. The van der Waals surface area contributed by atoms with Crippen molar-refractivity contribution in [2.75, 3.05) is 5.32 Å². The van der Waals surface area contributed by atoms with Crippen LogP contribution in [0.3, 0.4) is 0 Å². The number of hydrogen-bond donors (Lipinski definition) is 1. The quantitative estimate of drug-likeness (QED) is 0.332. The first-order valence-corrected chi connectivity index (χ1v) is 11.1. The van der Waals surface area contributed by atoms with Crippen molar-refractivity contribution in [3.8, 4) is 5.75 Å². The topological polar surface area (TPSA) is 77.6 Å². The van der Waals surface area contributed by atoms with Gasteiger partial charge in [-0.3, -0.25) is 13.9 Å². The van der Waals surface area contributed by atoms with E-state index in [9.17, 15) is 22.8 Å². The van der Waals surface area contributed by atoms with Gasteiger partial charge in [-0.2, -0.15) is 18.2 Å². The maximum atomic E-state index is 13.2. The fourth-order valence-electron chi connectivity index (χ4n) is 3.24. The van der Waals surface area contributed by atoms with E-state index < -0.39 is 28.0 Å². The number of rotatable bonds is 6. The highest BCUT2D eigenvalue weighted by atomic mass is 35.5. The number of nitrogens with one attached hydrogen (secondary N) is 1. The third-order valence-corrected chi connectivity index (χ3v) is 5.57. The first-order chi connectivity index (χ1) is 16.4. The van der Waals surface area contributed by atoms with E-state index in [1.807, 2.05) is 0 Å². The second kappa shape index (κ2) is 10.6. The minimum absolute atomic E-state index is 0.0268. The number of aromatic nitrogens is 2. The largest absolute Gasteiger partial charge is 0.443 e. The molecule has 0 spiro atoms. The predicted molar refractivity (Wildman–Crippen MR) is 130 cm³/mol. The van der Waals surface area contributed by atoms with Gasteiger partial charge in [0, 0.05) is 32.1 Å². The molecule has 0 bridgehead atoms. The summed E-state index contributed by atoms with van der Waals surface area (Å²) in [6, 6.07) is 9.99. The predicted octanol–water partition coefficient (Wildman–Crippen LogP) is 5.63. The molecule has 0 aliphatic carbocycles. The number of anilines is 1. The number of benzene rings is 2. The SMILES string of the molecule is CCn1c(=O)c(NCc2ccc(Cl)cc2)c(/N=C(\C)Oc2ccc(Cl)c(C(F)(F)F)c2)n(C)c1=O. The molecule has 35 heavy (non-hydrogen) atoms. The minimum atomic E-state index is -4.67. The maximum absolute atomic E-state index is 13.2. The molecule has 0 amide bonds. The van der Waals surface area contributed by atoms with Crippen molar-refractivity contribution in [2.24, 2.45) is 12.0 Å². The average molecular weight is 529 g/mol. The zero-order chi connectivity index (χ0) is 25.9. The standard InChI is InChI=1S/C23H21Cl2F3N4O3/c1-4-32-21(33)19(29-12-14-5-7-15(24)8-6-14)20(31(3)22(32)34)30-13(2)35-16-9-10-18(25)17(11-16)23(26,27)28/h5-11,29H,4,12H2,1-3H3/b30-13+. The van der Waals surface area contributed by atoms with Crippen LogP contribution >= 0.6 is 23.2 Å². The summed E-state index contributed by atoms with van der Waals surface area (Å²) >= 11 is 11.6. The highest BCUT2D eigenvalue weighted by Crippen LogP contribution is 2.36. The smallest absolute Gasteiger partial charge is 0.417 e. The molecule has 7 nitrogen and oxygen atoms in total. The van der Waals surface area contributed by atoms with E-state index in [4.69, 9.17) is 27.9 Å². The monoisotopic (exact) mass is 528 g/mol. The second-order valence-electron chi connectivity index (χ2n) is 7.44. The molecule has 0 fully saturated rings. The summed E-state index contributed by atoms with van der Waals surface area (Å²) in [5.74, 6) is -0.301. The van der Waals surface area contributed by atoms with Gasteiger partial charge in [-0.1, -0.05) is 35.3 Å². The third-order valence-electron chi connectivity index (χ3n) is 4.99. The number of aliphatic imine (C=N–C) groups is 1. The van der Waals surface area contributed by atoms with Gasteiger partial charge >= 0.3 is 11.9 Å². The van der Waals surface area contributed by atoms with E-state index in [1.54, 1.807) is 31.2 Å². The molecule has 0 saturated carbocycles. The molecule has 0 unspecified atom stereocenters. The lowest BCUT2D eigenvalue weighted by Crippen LogP contribution is -2.39. The Morgan fingerprint density at radius 2 is 1.77 bits per heavy atom. The summed E-state index contributed by atoms with van der Waals surface area (Å²) in [7, 11) is 1.43. The lowest BCUT2D eigenvalue weighted by molar-refractivity contribution is -0.137. The molecule has 1 heterocycles. The van der Waals surface area contributed by atoms with Crippen LogP contribution in [0.25, 0.3) is 0 Å². The van der Waals surface area contributed by atoms with Crippen LogP contribution in [0.5, 0.6) is 5.75 Å².